The van der Waals surface area contributed by atoms with Crippen molar-refractivity contribution in [3.63, 3.8) is 0 Å². The van der Waals surface area contributed by atoms with E-state index in [1.165, 1.54) is 13.8 Å². The van der Waals surface area contributed by atoms with Crippen LogP contribution < -0.4 is 4.72 Å². The third kappa shape index (κ3) is 2.75. The maximum absolute atomic E-state index is 12.2. The minimum atomic E-state index is -3.92. The van der Waals surface area contributed by atoms with Crippen LogP contribution in [-0.4, -0.2) is 44.1 Å². The predicted molar refractivity (Wildman–Crippen MR) is 67.8 cm³/mol. The third-order valence-corrected chi connectivity index (χ3v) is 4.62. The number of hydrogen-bond donors (Lipinski definition) is 2. The van der Waals surface area contributed by atoms with Gasteiger partial charge in [-0.05, 0) is 19.1 Å². The van der Waals surface area contributed by atoms with Crippen LogP contribution in [0.5, 0.6) is 0 Å². The van der Waals surface area contributed by atoms with Gasteiger partial charge in [-0.25, -0.2) is 8.42 Å². The number of carbonyl (C=O) groups is 1. The molecule has 108 valence electrons. The number of aryl methyl sites for hydroxylation is 1. The summed E-state index contributed by atoms with van der Waals surface area (Å²) < 4.78 is 31.3. The SMILES string of the molecule is Cc1nn(CC(=O)O)c(C)c1S(=O)(=O)Nc1nnns1. The van der Waals surface area contributed by atoms with Gasteiger partial charge in [0, 0.05) is 11.5 Å². The van der Waals surface area contributed by atoms with Crippen LogP contribution in [0.15, 0.2) is 4.90 Å². The summed E-state index contributed by atoms with van der Waals surface area (Å²) in [4.78, 5) is 10.6. The second-order valence-corrected chi connectivity index (χ2v) is 6.18. The number of rotatable bonds is 5. The van der Waals surface area contributed by atoms with Gasteiger partial charge in [0.15, 0.2) is 0 Å². The van der Waals surface area contributed by atoms with Crippen LogP contribution >= 0.6 is 11.5 Å². The van der Waals surface area contributed by atoms with Crippen LogP contribution in [-0.2, 0) is 21.4 Å². The molecule has 20 heavy (non-hydrogen) atoms. The summed E-state index contributed by atoms with van der Waals surface area (Å²) in [6.07, 6.45) is 0. The average molecular weight is 318 g/mol. The van der Waals surface area contributed by atoms with Gasteiger partial charge < -0.3 is 5.11 Å². The molecule has 0 saturated heterocycles. The quantitative estimate of drug-likeness (QED) is 0.761. The van der Waals surface area contributed by atoms with E-state index < -0.39 is 22.5 Å². The van der Waals surface area contributed by atoms with Crippen molar-refractivity contribution in [3.8, 4) is 0 Å². The Kier molecular flexibility index (Phi) is 3.67. The second-order valence-electron chi connectivity index (χ2n) is 3.82. The van der Waals surface area contributed by atoms with Crippen molar-refractivity contribution in [1.82, 2.24) is 24.6 Å². The van der Waals surface area contributed by atoms with Gasteiger partial charge in [0.05, 0.1) is 11.4 Å². The number of sulfonamides is 1. The van der Waals surface area contributed by atoms with E-state index >= 15 is 0 Å². The fourth-order valence-corrected chi connectivity index (χ4v) is 3.69. The highest BCUT2D eigenvalue weighted by atomic mass is 32.2. The summed E-state index contributed by atoms with van der Waals surface area (Å²) in [6, 6.07) is 0. The number of aliphatic carboxylic acids is 1. The van der Waals surface area contributed by atoms with E-state index in [0.717, 1.165) is 16.2 Å². The molecule has 0 bridgehead atoms. The molecule has 2 aromatic rings. The lowest BCUT2D eigenvalue weighted by atomic mass is 10.4. The fourth-order valence-electron chi connectivity index (χ4n) is 1.69. The minimum absolute atomic E-state index is 0.0229. The molecular formula is C8H10N6O4S2. The lowest BCUT2D eigenvalue weighted by molar-refractivity contribution is -0.137. The molecule has 10 nitrogen and oxygen atoms in total. The maximum Gasteiger partial charge on any atom is 0.325 e. The van der Waals surface area contributed by atoms with E-state index in [1.54, 1.807) is 0 Å². The van der Waals surface area contributed by atoms with Gasteiger partial charge in [-0.1, -0.05) is 9.59 Å². The lowest BCUT2D eigenvalue weighted by Gasteiger charge is -2.05. The molecule has 0 spiro atoms. The number of hydrogen-bond acceptors (Lipinski definition) is 8. The van der Waals surface area contributed by atoms with Crippen LogP contribution in [0.25, 0.3) is 0 Å². The highest BCUT2D eigenvalue weighted by molar-refractivity contribution is 7.93. The summed E-state index contributed by atoms with van der Waals surface area (Å²) in [6.45, 7) is 2.55. The Morgan fingerprint density at radius 2 is 2.15 bits per heavy atom. The Labute approximate surface area is 117 Å². The summed E-state index contributed by atoms with van der Waals surface area (Å²) >= 11 is 0.790. The molecule has 0 atom stereocenters. The number of nitrogens with zero attached hydrogens (tertiary/aromatic N) is 5. The van der Waals surface area contributed by atoms with E-state index in [2.05, 4.69) is 24.6 Å². The Hall–Kier alpha value is -2.08. The molecule has 0 amide bonds. The standard InChI is InChI=1S/C8H10N6O4S2/c1-4-7(5(2)14(10-4)3-6(15)16)20(17,18)11-8-9-12-13-19-8/h3H2,1-2H3,(H,15,16)(H,9,11,13). The van der Waals surface area contributed by atoms with Crippen molar-refractivity contribution < 1.29 is 18.3 Å². The van der Waals surface area contributed by atoms with Gasteiger partial charge in [-0.15, -0.1) is 0 Å². The number of carboxylic acids is 1. The molecule has 0 unspecified atom stereocenters. The molecular weight excluding hydrogens is 308 g/mol. The molecule has 0 aliphatic carbocycles. The summed E-state index contributed by atoms with van der Waals surface area (Å²) in [7, 11) is -3.92. The van der Waals surface area contributed by atoms with Crippen LogP contribution in [0, 0.1) is 13.8 Å². The van der Waals surface area contributed by atoms with Gasteiger partial charge in [-0.2, -0.15) is 5.10 Å². The van der Waals surface area contributed by atoms with E-state index in [9.17, 15) is 13.2 Å². The Balaban J connectivity index is 2.41. The number of nitrogens with one attached hydrogen (secondary N) is 1. The lowest BCUT2D eigenvalue weighted by Crippen LogP contribution is -2.16. The van der Waals surface area contributed by atoms with Crippen molar-refractivity contribution in [1.29, 1.82) is 0 Å². The largest absolute Gasteiger partial charge is 0.480 e. The normalized spacial score (nSPS) is 11.5. The molecule has 0 fully saturated rings. The van der Waals surface area contributed by atoms with Crippen molar-refractivity contribution in [2.75, 3.05) is 4.72 Å². The van der Waals surface area contributed by atoms with Crippen molar-refractivity contribution in [2.45, 2.75) is 25.3 Å². The topological polar surface area (TPSA) is 140 Å². The third-order valence-electron chi connectivity index (χ3n) is 2.39. The number of anilines is 1. The predicted octanol–water partition coefficient (Wildman–Crippen LogP) is -0.368. The summed E-state index contributed by atoms with van der Waals surface area (Å²) in [5, 5.41) is 19.5. The zero-order chi connectivity index (χ0) is 14.9. The van der Waals surface area contributed by atoms with Gasteiger partial charge in [0.25, 0.3) is 10.0 Å². The molecule has 12 heteroatoms. The molecule has 2 rings (SSSR count). The molecule has 0 radical (unpaired) electrons. The van der Waals surface area contributed by atoms with Gasteiger partial charge in [-0.3, -0.25) is 14.2 Å². The second kappa shape index (κ2) is 5.13. The molecule has 0 saturated carbocycles. The summed E-state index contributed by atoms with van der Waals surface area (Å²) in [5.74, 6) is -1.11. The zero-order valence-electron chi connectivity index (χ0n) is 10.4. The van der Waals surface area contributed by atoms with Crippen molar-refractivity contribution >= 4 is 32.7 Å². The molecule has 2 N–H and O–H groups in total. The Morgan fingerprint density at radius 3 is 2.70 bits per heavy atom. The fraction of sp³-hybridized carbons (Fsp3) is 0.375. The summed E-state index contributed by atoms with van der Waals surface area (Å²) in [5.41, 5.74) is 0.434. The van der Waals surface area contributed by atoms with E-state index in [0.29, 0.717) is 0 Å². The molecule has 0 aromatic carbocycles. The number of aromatic nitrogens is 5. The molecule has 0 aliphatic rings. The first-order chi connectivity index (χ1) is 9.31. The van der Waals surface area contributed by atoms with E-state index in [1.807, 2.05) is 0 Å². The average Bonchev–Trinajstić information content (AvgIpc) is 2.87. The molecule has 2 heterocycles. The van der Waals surface area contributed by atoms with Gasteiger partial charge >= 0.3 is 5.97 Å². The minimum Gasteiger partial charge on any atom is -0.480 e. The highest BCUT2D eigenvalue weighted by Gasteiger charge is 2.26. The van der Waals surface area contributed by atoms with E-state index in [-0.39, 0.29) is 21.4 Å². The smallest absolute Gasteiger partial charge is 0.325 e. The maximum atomic E-state index is 12.2. The van der Waals surface area contributed by atoms with Crippen LogP contribution in [0.2, 0.25) is 0 Å². The van der Waals surface area contributed by atoms with Crippen molar-refractivity contribution in [3.05, 3.63) is 11.4 Å². The monoisotopic (exact) mass is 318 g/mol. The first-order valence-corrected chi connectivity index (χ1v) is 7.50. The Morgan fingerprint density at radius 1 is 1.45 bits per heavy atom. The highest BCUT2D eigenvalue weighted by Crippen LogP contribution is 2.22. The first kappa shape index (κ1) is 14.3. The molecule has 0 aliphatic heterocycles. The van der Waals surface area contributed by atoms with Crippen LogP contribution in [0.3, 0.4) is 0 Å². The van der Waals surface area contributed by atoms with Gasteiger partial charge in [0.1, 0.15) is 11.4 Å². The van der Waals surface area contributed by atoms with Crippen LogP contribution in [0.4, 0.5) is 5.13 Å². The van der Waals surface area contributed by atoms with E-state index in [4.69, 9.17) is 5.11 Å². The number of carboxylic acid groups (broad SMARTS) is 1. The van der Waals surface area contributed by atoms with Crippen molar-refractivity contribution in [2.24, 2.45) is 0 Å². The zero-order valence-corrected chi connectivity index (χ0v) is 12.1. The first-order valence-electron chi connectivity index (χ1n) is 5.25. The van der Waals surface area contributed by atoms with Gasteiger partial charge in [0.2, 0.25) is 5.13 Å². The Bertz CT molecular complexity index is 735. The molecule has 2 aromatic heterocycles. The van der Waals surface area contributed by atoms with Crippen LogP contribution in [0.1, 0.15) is 11.4 Å².